The summed E-state index contributed by atoms with van der Waals surface area (Å²) in [4.78, 5) is 4.20. The molecule has 0 bridgehead atoms. The van der Waals surface area contributed by atoms with Gasteiger partial charge in [0.15, 0.2) is 0 Å². The molecule has 1 aromatic heterocycles. The number of pyridine rings is 1. The minimum atomic E-state index is 1.15. The Bertz CT molecular complexity index is 474. The standard InChI is InChI=1S/C15H17N/c1-3-5-13-6-4-7-14(10-13)15-11-16-9-8-12(15)2/h4,6-11H,3,5H2,1-2H3. The van der Waals surface area contributed by atoms with Crippen LogP contribution in [0.3, 0.4) is 0 Å². The van der Waals surface area contributed by atoms with Crippen LogP contribution in [-0.2, 0) is 6.42 Å². The van der Waals surface area contributed by atoms with Crippen molar-refractivity contribution in [3.63, 3.8) is 0 Å². The summed E-state index contributed by atoms with van der Waals surface area (Å²) in [5.74, 6) is 0. The van der Waals surface area contributed by atoms with Crippen LogP contribution in [0, 0.1) is 6.92 Å². The molecule has 1 aromatic carbocycles. The fraction of sp³-hybridized carbons (Fsp3) is 0.267. The third kappa shape index (κ3) is 2.30. The Balaban J connectivity index is 2.40. The van der Waals surface area contributed by atoms with E-state index in [1.54, 1.807) is 0 Å². The van der Waals surface area contributed by atoms with E-state index in [1.807, 2.05) is 12.4 Å². The minimum Gasteiger partial charge on any atom is -0.264 e. The van der Waals surface area contributed by atoms with Gasteiger partial charge in [0.25, 0.3) is 0 Å². The number of hydrogen-bond acceptors (Lipinski definition) is 1. The van der Waals surface area contributed by atoms with Gasteiger partial charge in [-0.2, -0.15) is 0 Å². The molecular weight excluding hydrogens is 194 g/mol. The molecule has 0 saturated carbocycles. The maximum atomic E-state index is 4.20. The summed E-state index contributed by atoms with van der Waals surface area (Å²) in [5, 5.41) is 0. The van der Waals surface area contributed by atoms with E-state index in [0.29, 0.717) is 0 Å². The van der Waals surface area contributed by atoms with Crippen LogP contribution in [-0.4, -0.2) is 4.98 Å². The van der Waals surface area contributed by atoms with Gasteiger partial charge < -0.3 is 0 Å². The Morgan fingerprint density at radius 3 is 2.81 bits per heavy atom. The van der Waals surface area contributed by atoms with Crippen LogP contribution < -0.4 is 0 Å². The molecule has 0 radical (unpaired) electrons. The van der Waals surface area contributed by atoms with Crippen molar-refractivity contribution in [3.8, 4) is 11.1 Å². The highest BCUT2D eigenvalue weighted by atomic mass is 14.6. The van der Waals surface area contributed by atoms with Gasteiger partial charge in [0, 0.05) is 18.0 Å². The third-order valence-corrected chi connectivity index (χ3v) is 2.82. The summed E-state index contributed by atoms with van der Waals surface area (Å²) < 4.78 is 0. The zero-order valence-corrected chi connectivity index (χ0v) is 9.90. The third-order valence-electron chi connectivity index (χ3n) is 2.82. The second-order valence-corrected chi connectivity index (χ2v) is 4.14. The van der Waals surface area contributed by atoms with Gasteiger partial charge in [-0.25, -0.2) is 0 Å². The Labute approximate surface area is 97.2 Å². The van der Waals surface area contributed by atoms with Crippen molar-refractivity contribution < 1.29 is 0 Å². The summed E-state index contributed by atoms with van der Waals surface area (Å²) in [6.45, 7) is 4.34. The Morgan fingerprint density at radius 1 is 1.19 bits per heavy atom. The van der Waals surface area contributed by atoms with Gasteiger partial charge in [-0.05, 0) is 36.1 Å². The summed E-state index contributed by atoms with van der Waals surface area (Å²) in [5.41, 5.74) is 5.20. The van der Waals surface area contributed by atoms with E-state index < -0.39 is 0 Å². The largest absolute Gasteiger partial charge is 0.264 e. The number of rotatable bonds is 3. The maximum Gasteiger partial charge on any atom is 0.0349 e. The molecule has 0 N–H and O–H groups in total. The molecule has 0 aliphatic rings. The summed E-state index contributed by atoms with van der Waals surface area (Å²) >= 11 is 0. The molecule has 0 aliphatic heterocycles. The lowest BCUT2D eigenvalue weighted by Crippen LogP contribution is -1.87. The van der Waals surface area contributed by atoms with Crippen molar-refractivity contribution in [1.82, 2.24) is 4.98 Å². The van der Waals surface area contributed by atoms with E-state index >= 15 is 0 Å². The SMILES string of the molecule is CCCc1cccc(-c2cnccc2C)c1. The molecule has 0 spiro atoms. The molecule has 2 aromatic rings. The van der Waals surface area contributed by atoms with Gasteiger partial charge in [0.1, 0.15) is 0 Å². The first-order valence-electron chi connectivity index (χ1n) is 5.81. The quantitative estimate of drug-likeness (QED) is 0.747. The monoisotopic (exact) mass is 211 g/mol. The number of aromatic nitrogens is 1. The van der Waals surface area contributed by atoms with Crippen molar-refractivity contribution in [2.45, 2.75) is 26.7 Å². The molecule has 1 nitrogen and oxygen atoms in total. The average molecular weight is 211 g/mol. The lowest BCUT2D eigenvalue weighted by atomic mass is 9.99. The van der Waals surface area contributed by atoms with Crippen molar-refractivity contribution in [2.24, 2.45) is 0 Å². The normalized spacial score (nSPS) is 10.4. The van der Waals surface area contributed by atoms with Crippen LogP contribution in [0.4, 0.5) is 0 Å². The highest BCUT2D eigenvalue weighted by Crippen LogP contribution is 2.23. The fourth-order valence-electron chi connectivity index (χ4n) is 1.95. The summed E-state index contributed by atoms with van der Waals surface area (Å²) in [7, 11) is 0. The molecule has 82 valence electrons. The molecule has 0 fully saturated rings. The number of aryl methyl sites for hydroxylation is 2. The highest BCUT2D eigenvalue weighted by Gasteiger charge is 2.02. The summed E-state index contributed by atoms with van der Waals surface area (Å²) in [6.07, 6.45) is 6.12. The van der Waals surface area contributed by atoms with Gasteiger partial charge in [0.2, 0.25) is 0 Å². The molecule has 0 unspecified atom stereocenters. The number of hydrogen-bond donors (Lipinski definition) is 0. The molecule has 16 heavy (non-hydrogen) atoms. The van der Waals surface area contributed by atoms with E-state index in [2.05, 4.69) is 49.2 Å². The van der Waals surface area contributed by atoms with Crippen LogP contribution in [0.5, 0.6) is 0 Å². The van der Waals surface area contributed by atoms with Crippen molar-refractivity contribution >= 4 is 0 Å². The molecule has 0 atom stereocenters. The first-order valence-corrected chi connectivity index (χ1v) is 5.81. The molecule has 1 heteroatoms. The zero-order chi connectivity index (χ0) is 11.4. The minimum absolute atomic E-state index is 1.15. The predicted molar refractivity (Wildman–Crippen MR) is 68.4 cm³/mol. The predicted octanol–water partition coefficient (Wildman–Crippen LogP) is 4.01. The topological polar surface area (TPSA) is 12.9 Å². The Hall–Kier alpha value is -1.63. The first-order chi connectivity index (χ1) is 7.81. The Kier molecular flexibility index (Phi) is 3.35. The van der Waals surface area contributed by atoms with Gasteiger partial charge >= 0.3 is 0 Å². The molecular formula is C15H17N. The zero-order valence-electron chi connectivity index (χ0n) is 9.90. The van der Waals surface area contributed by atoms with Crippen LogP contribution in [0.2, 0.25) is 0 Å². The van der Waals surface area contributed by atoms with E-state index in [-0.39, 0.29) is 0 Å². The molecule has 1 heterocycles. The van der Waals surface area contributed by atoms with Crippen LogP contribution in [0.1, 0.15) is 24.5 Å². The number of benzene rings is 1. The molecule has 0 amide bonds. The second-order valence-electron chi connectivity index (χ2n) is 4.14. The Morgan fingerprint density at radius 2 is 2.06 bits per heavy atom. The van der Waals surface area contributed by atoms with Crippen molar-refractivity contribution in [3.05, 3.63) is 53.9 Å². The first kappa shape index (κ1) is 10.9. The average Bonchev–Trinajstić information content (AvgIpc) is 2.30. The van der Waals surface area contributed by atoms with Crippen LogP contribution >= 0.6 is 0 Å². The molecule has 0 saturated heterocycles. The van der Waals surface area contributed by atoms with Crippen LogP contribution in [0.15, 0.2) is 42.7 Å². The highest BCUT2D eigenvalue weighted by molar-refractivity contribution is 5.66. The number of nitrogens with zero attached hydrogens (tertiary/aromatic N) is 1. The maximum absolute atomic E-state index is 4.20. The van der Waals surface area contributed by atoms with Gasteiger partial charge in [-0.15, -0.1) is 0 Å². The molecule has 0 aliphatic carbocycles. The molecule has 2 rings (SSSR count). The van der Waals surface area contributed by atoms with Crippen LogP contribution in [0.25, 0.3) is 11.1 Å². The van der Waals surface area contributed by atoms with E-state index in [4.69, 9.17) is 0 Å². The van der Waals surface area contributed by atoms with E-state index in [9.17, 15) is 0 Å². The van der Waals surface area contributed by atoms with E-state index in [1.165, 1.54) is 28.7 Å². The summed E-state index contributed by atoms with van der Waals surface area (Å²) in [6, 6.07) is 10.8. The smallest absolute Gasteiger partial charge is 0.0349 e. The van der Waals surface area contributed by atoms with E-state index in [0.717, 1.165) is 6.42 Å². The lowest BCUT2D eigenvalue weighted by molar-refractivity contribution is 0.922. The van der Waals surface area contributed by atoms with Gasteiger partial charge in [-0.3, -0.25) is 4.98 Å². The van der Waals surface area contributed by atoms with Gasteiger partial charge in [0.05, 0.1) is 0 Å². The fourth-order valence-corrected chi connectivity index (χ4v) is 1.95. The van der Waals surface area contributed by atoms with Crippen molar-refractivity contribution in [2.75, 3.05) is 0 Å². The second kappa shape index (κ2) is 4.93. The van der Waals surface area contributed by atoms with Crippen molar-refractivity contribution in [1.29, 1.82) is 0 Å². The lowest BCUT2D eigenvalue weighted by Gasteiger charge is -2.07. The van der Waals surface area contributed by atoms with Gasteiger partial charge in [-0.1, -0.05) is 37.6 Å².